The lowest BCUT2D eigenvalue weighted by atomic mass is 9.67. The summed E-state index contributed by atoms with van der Waals surface area (Å²) in [6, 6.07) is 0.415. The van der Waals surface area contributed by atoms with Crippen molar-refractivity contribution in [2.45, 2.75) is 58.9 Å². The summed E-state index contributed by atoms with van der Waals surface area (Å²) in [6.07, 6.45) is 6.64. The topological polar surface area (TPSA) is 32.5 Å². The highest BCUT2D eigenvalue weighted by Gasteiger charge is 2.34. The van der Waals surface area contributed by atoms with Crippen molar-refractivity contribution in [1.29, 1.82) is 0 Å². The Bertz CT molecular complexity index is 304. The molecule has 0 bridgehead atoms. The Hall–Kier alpha value is -0.120. The molecular formula is C18H37N3. The number of nitrogens with zero attached hydrogens (tertiary/aromatic N) is 2. The van der Waals surface area contributed by atoms with E-state index in [0.29, 0.717) is 17.4 Å². The van der Waals surface area contributed by atoms with Crippen LogP contribution in [0.1, 0.15) is 52.9 Å². The summed E-state index contributed by atoms with van der Waals surface area (Å²) in [7, 11) is 2.28. The molecule has 1 aliphatic carbocycles. The third-order valence-electron chi connectivity index (χ3n) is 5.81. The summed E-state index contributed by atoms with van der Waals surface area (Å²) in [5.41, 5.74) is 6.85. The molecule has 0 radical (unpaired) electrons. The molecule has 21 heavy (non-hydrogen) atoms. The fourth-order valence-electron chi connectivity index (χ4n) is 4.09. The van der Waals surface area contributed by atoms with Crippen molar-refractivity contribution in [3.8, 4) is 0 Å². The third-order valence-corrected chi connectivity index (χ3v) is 5.81. The first kappa shape index (κ1) is 17.2. The first-order chi connectivity index (χ1) is 9.86. The zero-order valence-corrected chi connectivity index (χ0v) is 14.8. The largest absolute Gasteiger partial charge is 0.327 e. The van der Waals surface area contributed by atoms with Gasteiger partial charge in [-0.05, 0) is 69.5 Å². The second kappa shape index (κ2) is 7.43. The summed E-state index contributed by atoms with van der Waals surface area (Å²) < 4.78 is 0. The van der Waals surface area contributed by atoms with Crippen LogP contribution < -0.4 is 5.73 Å². The van der Waals surface area contributed by atoms with E-state index in [4.69, 9.17) is 5.73 Å². The molecular weight excluding hydrogens is 258 g/mol. The lowest BCUT2D eigenvalue weighted by Gasteiger charge is -2.42. The molecule has 2 aliphatic rings. The fourth-order valence-corrected chi connectivity index (χ4v) is 4.09. The van der Waals surface area contributed by atoms with Gasteiger partial charge in [0.25, 0.3) is 0 Å². The molecule has 3 heteroatoms. The van der Waals surface area contributed by atoms with Crippen molar-refractivity contribution < 1.29 is 0 Å². The Morgan fingerprint density at radius 1 is 1.14 bits per heavy atom. The molecule has 0 amide bonds. The van der Waals surface area contributed by atoms with E-state index in [1.165, 1.54) is 64.8 Å². The first-order valence-electron chi connectivity index (χ1n) is 9.02. The number of likely N-dealkylation sites (tertiary alicyclic amines) is 1. The summed E-state index contributed by atoms with van der Waals surface area (Å²) in [6.45, 7) is 13.4. The SMILES string of the molecule is CN(CCN1CCCC1)CC1CC(C(C)(C)C)CCC1N. The van der Waals surface area contributed by atoms with Gasteiger partial charge in [0.15, 0.2) is 0 Å². The van der Waals surface area contributed by atoms with Crippen molar-refractivity contribution in [1.82, 2.24) is 9.80 Å². The van der Waals surface area contributed by atoms with Crippen LogP contribution in [-0.2, 0) is 0 Å². The lowest BCUT2D eigenvalue weighted by molar-refractivity contribution is 0.103. The van der Waals surface area contributed by atoms with E-state index in [2.05, 4.69) is 37.6 Å². The molecule has 0 aromatic heterocycles. The zero-order valence-electron chi connectivity index (χ0n) is 14.8. The van der Waals surface area contributed by atoms with Crippen LogP contribution in [0.25, 0.3) is 0 Å². The van der Waals surface area contributed by atoms with Crippen LogP contribution in [0.15, 0.2) is 0 Å². The molecule has 2 rings (SSSR count). The molecule has 0 aromatic rings. The van der Waals surface area contributed by atoms with Gasteiger partial charge in [-0.15, -0.1) is 0 Å². The number of hydrogen-bond donors (Lipinski definition) is 1. The van der Waals surface area contributed by atoms with E-state index in [-0.39, 0.29) is 0 Å². The maximum Gasteiger partial charge on any atom is 0.0109 e. The lowest BCUT2D eigenvalue weighted by Crippen LogP contribution is -2.45. The van der Waals surface area contributed by atoms with Crippen LogP contribution in [0.3, 0.4) is 0 Å². The van der Waals surface area contributed by atoms with Crippen molar-refractivity contribution in [3.63, 3.8) is 0 Å². The van der Waals surface area contributed by atoms with Crippen LogP contribution >= 0.6 is 0 Å². The standard InChI is InChI=1S/C18H37N3/c1-18(2,3)16-7-8-17(19)15(13-16)14-20(4)11-12-21-9-5-6-10-21/h15-17H,5-14,19H2,1-4H3. The molecule has 124 valence electrons. The molecule has 0 aromatic carbocycles. The van der Waals surface area contributed by atoms with E-state index >= 15 is 0 Å². The molecule has 1 saturated heterocycles. The van der Waals surface area contributed by atoms with Crippen LogP contribution in [0.4, 0.5) is 0 Å². The first-order valence-corrected chi connectivity index (χ1v) is 9.02. The fraction of sp³-hybridized carbons (Fsp3) is 1.00. The van der Waals surface area contributed by atoms with Crippen LogP contribution in [-0.4, -0.2) is 55.6 Å². The van der Waals surface area contributed by atoms with E-state index in [9.17, 15) is 0 Å². The Kier molecular flexibility index (Phi) is 6.10. The molecule has 3 atom stereocenters. The minimum Gasteiger partial charge on any atom is -0.327 e. The number of rotatable bonds is 5. The molecule has 2 N–H and O–H groups in total. The van der Waals surface area contributed by atoms with Gasteiger partial charge >= 0.3 is 0 Å². The van der Waals surface area contributed by atoms with Gasteiger partial charge in [0.2, 0.25) is 0 Å². The van der Waals surface area contributed by atoms with Crippen molar-refractivity contribution in [3.05, 3.63) is 0 Å². The van der Waals surface area contributed by atoms with Gasteiger partial charge in [0.05, 0.1) is 0 Å². The molecule has 3 nitrogen and oxygen atoms in total. The highest BCUT2D eigenvalue weighted by molar-refractivity contribution is 4.88. The van der Waals surface area contributed by atoms with E-state index in [1.807, 2.05) is 0 Å². The maximum absolute atomic E-state index is 6.41. The normalized spacial score (nSPS) is 32.0. The summed E-state index contributed by atoms with van der Waals surface area (Å²) in [5.74, 6) is 1.53. The number of hydrogen-bond acceptors (Lipinski definition) is 3. The molecule has 1 heterocycles. The van der Waals surface area contributed by atoms with Crippen LogP contribution in [0.5, 0.6) is 0 Å². The summed E-state index contributed by atoms with van der Waals surface area (Å²) >= 11 is 0. The maximum atomic E-state index is 6.41. The molecule has 3 unspecified atom stereocenters. The second-order valence-corrected chi connectivity index (χ2v) is 8.61. The van der Waals surface area contributed by atoms with Gasteiger partial charge in [0, 0.05) is 25.7 Å². The third kappa shape index (κ3) is 5.22. The van der Waals surface area contributed by atoms with Gasteiger partial charge in [-0.3, -0.25) is 0 Å². The molecule has 2 fully saturated rings. The second-order valence-electron chi connectivity index (χ2n) is 8.61. The van der Waals surface area contributed by atoms with Crippen molar-refractivity contribution in [2.75, 3.05) is 39.8 Å². The Morgan fingerprint density at radius 3 is 2.43 bits per heavy atom. The quantitative estimate of drug-likeness (QED) is 0.846. The molecule has 1 saturated carbocycles. The zero-order chi connectivity index (χ0) is 15.5. The number of nitrogens with two attached hydrogens (primary N) is 1. The molecule has 1 aliphatic heterocycles. The van der Waals surface area contributed by atoms with Crippen LogP contribution in [0.2, 0.25) is 0 Å². The minimum absolute atomic E-state index is 0.415. The predicted molar refractivity (Wildman–Crippen MR) is 91.4 cm³/mol. The highest BCUT2D eigenvalue weighted by Crippen LogP contribution is 2.39. The predicted octanol–water partition coefficient (Wildman–Crippen LogP) is 2.80. The van der Waals surface area contributed by atoms with Crippen molar-refractivity contribution in [2.24, 2.45) is 23.0 Å². The van der Waals surface area contributed by atoms with Gasteiger partial charge in [0.1, 0.15) is 0 Å². The minimum atomic E-state index is 0.415. The highest BCUT2D eigenvalue weighted by atomic mass is 15.2. The Morgan fingerprint density at radius 2 is 1.81 bits per heavy atom. The van der Waals surface area contributed by atoms with Gasteiger partial charge in [-0.25, -0.2) is 0 Å². The smallest absolute Gasteiger partial charge is 0.0109 e. The van der Waals surface area contributed by atoms with E-state index in [1.54, 1.807) is 0 Å². The van der Waals surface area contributed by atoms with Crippen molar-refractivity contribution >= 4 is 0 Å². The summed E-state index contributed by atoms with van der Waals surface area (Å²) in [5, 5.41) is 0. The van der Waals surface area contributed by atoms with Crippen LogP contribution in [0, 0.1) is 17.3 Å². The van der Waals surface area contributed by atoms with Gasteiger partial charge in [-0.1, -0.05) is 20.8 Å². The van der Waals surface area contributed by atoms with E-state index < -0.39 is 0 Å². The number of likely N-dealkylation sites (N-methyl/N-ethyl adjacent to an activating group) is 1. The molecule has 0 spiro atoms. The van der Waals surface area contributed by atoms with Gasteiger partial charge in [-0.2, -0.15) is 0 Å². The Labute approximate surface area is 132 Å². The Balaban J connectivity index is 1.76. The van der Waals surface area contributed by atoms with E-state index in [0.717, 1.165) is 5.92 Å². The summed E-state index contributed by atoms with van der Waals surface area (Å²) in [4.78, 5) is 5.13. The average molecular weight is 296 g/mol. The average Bonchev–Trinajstić information content (AvgIpc) is 2.91. The monoisotopic (exact) mass is 295 g/mol. The van der Waals surface area contributed by atoms with Gasteiger partial charge < -0.3 is 15.5 Å².